The average molecular weight is 370 g/mol. The maximum absolute atomic E-state index is 12.8. The van der Waals surface area contributed by atoms with Gasteiger partial charge in [0.2, 0.25) is 0 Å². The van der Waals surface area contributed by atoms with Gasteiger partial charge in [0, 0.05) is 21.5 Å². The van der Waals surface area contributed by atoms with Gasteiger partial charge in [0.25, 0.3) is 11.7 Å². The van der Waals surface area contributed by atoms with Crippen molar-refractivity contribution in [2.75, 3.05) is 7.11 Å². The highest BCUT2D eigenvalue weighted by Gasteiger charge is 2.27. The van der Waals surface area contributed by atoms with Crippen LogP contribution in [0, 0.1) is 6.92 Å². The van der Waals surface area contributed by atoms with Gasteiger partial charge < -0.3 is 15.0 Å². The van der Waals surface area contributed by atoms with E-state index in [0.29, 0.717) is 16.6 Å². The second-order valence-corrected chi connectivity index (χ2v) is 6.80. The number of aryl methyl sites for hydroxylation is 1. The highest BCUT2D eigenvalue weighted by atomic mass is 32.1. The molecule has 0 fully saturated rings. The van der Waals surface area contributed by atoms with Crippen LogP contribution in [-0.2, 0) is 14.3 Å². The van der Waals surface area contributed by atoms with E-state index in [1.807, 2.05) is 29.6 Å². The molecule has 2 aromatic heterocycles. The lowest BCUT2D eigenvalue weighted by molar-refractivity contribution is -0.141. The summed E-state index contributed by atoms with van der Waals surface area (Å²) in [6.45, 7) is 1.76. The molecule has 0 aliphatic heterocycles. The predicted octanol–water partition coefficient (Wildman–Crippen LogP) is 3.14. The predicted molar refractivity (Wildman–Crippen MR) is 99.2 cm³/mol. The topological polar surface area (TPSA) is 88.3 Å². The first-order chi connectivity index (χ1) is 12.5. The lowest BCUT2D eigenvalue weighted by Crippen LogP contribution is -2.35. The second-order valence-electron chi connectivity index (χ2n) is 5.82. The molecule has 0 bridgehead atoms. The van der Waals surface area contributed by atoms with E-state index >= 15 is 0 Å². The van der Waals surface area contributed by atoms with Crippen LogP contribution in [0.5, 0.6) is 0 Å². The number of thiophene rings is 1. The van der Waals surface area contributed by atoms with E-state index in [1.165, 1.54) is 18.4 Å². The molecule has 6 nitrogen and oxygen atoms in total. The molecule has 3 rings (SSSR count). The van der Waals surface area contributed by atoms with Gasteiger partial charge >= 0.3 is 5.97 Å². The summed E-state index contributed by atoms with van der Waals surface area (Å²) < 4.78 is 4.69. The maximum Gasteiger partial charge on any atom is 0.307 e. The SMILES string of the molecule is COC(=O)CC(NC(=O)C(=O)c1c(C)[nH]c2ccccc12)c1cccs1. The number of para-hydroxylation sites is 1. The Morgan fingerprint density at radius 2 is 1.96 bits per heavy atom. The van der Waals surface area contributed by atoms with E-state index < -0.39 is 23.7 Å². The van der Waals surface area contributed by atoms with E-state index in [1.54, 1.807) is 19.1 Å². The van der Waals surface area contributed by atoms with Gasteiger partial charge in [-0.25, -0.2) is 0 Å². The number of aromatic amines is 1. The first kappa shape index (κ1) is 17.9. The van der Waals surface area contributed by atoms with Gasteiger partial charge in [0.05, 0.1) is 25.1 Å². The van der Waals surface area contributed by atoms with Crippen molar-refractivity contribution < 1.29 is 19.1 Å². The molecule has 0 radical (unpaired) electrons. The summed E-state index contributed by atoms with van der Waals surface area (Å²) in [5.74, 6) is -1.84. The van der Waals surface area contributed by atoms with E-state index in [2.05, 4.69) is 10.3 Å². The van der Waals surface area contributed by atoms with Gasteiger partial charge in [-0.15, -0.1) is 11.3 Å². The molecular formula is C19H18N2O4S. The highest BCUT2D eigenvalue weighted by molar-refractivity contribution is 7.10. The molecular weight excluding hydrogens is 352 g/mol. The molecule has 2 heterocycles. The van der Waals surface area contributed by atoms with Crippen molar-refractivity contribution in [2.45, 2.75) is 19.4 Å². The Balaban J connectivity index is 1.86. The van der Waals surface area contributed by atoms with E-state index in [9.17, 15) is 14.4 Å². The number of carbonyl (C=O) groups excluding carboxylic acids is 3. The number of Topliss-reactive ketones (excluding diaryl/α,β-unsaturated/α-hetero) is 1. The maximum atomic E-state index is 12.8. The largest absolute Gasteiger partial charge is 0.469 e. The summed E-state index contributed by atoms with van der Waals surface area (Å²) in [6.07, 6.45) is -0.0388. The van der Waals surface area contributed by atoms with Crippen LogP contribution in [0.15, 0.2) is 41.8 Å². The van der Waals surface area contributed by atoms with Gasteiger partial charge in [-0.3, -0.25) is 14.4 Å². The number of esters is 1. The second kappa shape index (κ2) is 7.53. The molecule has 1 atom stereocenters. The van der Waals surface area contributed by atoms with Gasteiger partial charge in [0.15, 0.2) is 0 Å². The molecule has 0 saturated heterocycles. The Kier molecular flexibility index (Phi) is 5.18. The Bertz CT molecular complexity index is 959. The first-order valence-electron chi connectivity index (χ1n) is 8.04. The zero-order chi connectivity index (χ0) is 18.7. The van der Waals surface area contributed by atoms with Crippen LogP contribution in [-0.4, -0.2) is 29.8 Å². The zero-order valence-electron chi connectivity index (χ0n) is 14.4. The van der Waals surface area contributed by atoms with E-state index in [-0.39, 0.29) is 6.42 Å². The van der Waals surface area contributed by atoms with Crippen molar-refractivity contribution in [1.29, 1.82) is 0 Å². The number of H-pyrrole nitrogens is 1. The van der Waals surface area contributed by atoms with Crippen LogP contribution in [0.1, 0.15) is 33.4 Å². The Morgan fingerprint density at radius 3 is 2.65 bits per heavy atom. The molecule has 0 spiro atoms. The van der Waals surface area contributed by atoms with Crippen molar-refractivity contribution in [2.24, 2.45) is 0 Å². The van der Waals surface area contributed by atoms with Gasteiger partial charge in [-0.05, 0) is 24.4 Å². The Morgan fingerprint density at radius 1 is 1.19 bits per heavy atom. The highest BCUT2D eigenvalue weighted by Crippen LogP contribution is 2.25. The number of ketones is 1. The third-order valence-corrected chi connectivity index (χ3v) is 5.10. The van der Waals surface area contributed by atoms with E-state index in [4.69, 9.17) is 4.74 Å². The van der Waals surface area contributed by atoms with Crippen LogP contribution >= 0.6 is 11.3 Å². The molecule has 2 N–H and O–H groups in total. The van der Waals surface area contributed by atoms with Gasteiger partial charge in [0.1, 0.15) is 0 Å². The number of benzene rings is 1. The lowest BCUT2D eigenvalue weighted by Gasteiger charge is -2.16. The molecule has 7 heteroatoms. The quantitative estimate of drug-likeness (QED) is 0.396. The van der Waals surface area contributed by atoms with Crippen LogP contribution in [0.3, 0.4) is 0 Å². The molecule has 0 aliphatic rings. The molecule has 134 valence electrons. The number of fused-ring (bicyclic) bond motifs is 1. The average Bonchev–Trinajstić information content (AvgIpc) is 3.27. The van der Waals surface area contributed by atoms with Crippen LogP contribution in [0.4, 0.5) is 0 Å². The fraction of sp³-hybridized carbons (Fsp3) is 0.211. The number of ether oxygens (including phenoxy) is 1. The van der Waals surface area contributed by atoms with E-state index in [0.717, 1.165) is 10.4 Å². The minimum atomic E-state index is -0.750. The fourth-order valence-electron chi connectivity index (χ4n) is 2.87. The van der Waals surface area contributed by atoms with Crippen LogP contribution < -0.4 is 5.32 Å². The third kappa shape index (κ3) is 3.52. The fourth-order valence-corrected chi connectivity index (χ4v) is 3.65. The summed E-state index contributed by atoms with van der Waals surface area (Å²) in [4.78, 5) is 40.9. The zero-order valence-corrected chi connectivity index (χ0v) is 15.2. The summed E-state index contributed by atoms with van der Waals surface area (Å²) in [5.41, 5.74) is 1.78. The van der Waals surface area contributed by atoms with Crippen LogP contribution in [0.2, 0.25) is 0 Å². The molecule has 3 aromatic rings. The van der Waals surface area contributed by atoms with Crippen molar-refractivity contribution >= 4 is 39.9 Å². The number of methoxy groups -OCH3 is 1. The minimum absolute atomic E-state index is 0.0388. The number of carbonyl (C=O) groups is 3. The Hall–Kier alpha value is -2.93. The lowest BCUT2D eigenvalue weighted by atomic mass is 10.1. The monoisotopic (exact) mass is 370 g/mol. The molecule has 0 aliphatic carbocycles. The number of hydrogen-bond donors (Lipinski definition) is 2. The van der Waals surface area contributed by atoms with Crippen molar-refractivity contribution in [3.63, 3.8) is 0 Å². The smallest absolute Gasteiger partial charge is 0.307 e. The number of hydrogen-bond acceptors (Lipinski definition) is 5. The Labute approximate surface area is 154 Å². The van der Waals surface area contributed by atoms with Crippen LogP contribution in [0.25, 0.3) is 10.9 Å². The number of aromatic nitrogens is 1. The molecule has 26 heavy (non-hydrogen) atoms. The number of amides is 1. The third-order valence-electron chi connectivity index (χ3n) is 4.12. The summed E-state index contributed by atoms with van der Waals surface area (Å²) in [6, 6.07) is 10.3. The summed E-state index contributed by atoms with van der Waals surface area (Å²) in [7, 11) is 1.29. The molecule has 1 amide bonds. The normalized spacial score (nSPS) is 11.9. The molecule has 1 unspecified atom stereocenters. The van der Waals surface area contributed by atoms with Crippen molar-refractivity contribution in [1.82, 2.24) is 10.3 Å². The number of rotatable bonds is 6. The van der Waals surface area contributed by atoms with Gasteiger partial charge in [-0.1, -0.05) is 24.3 Å². The summed E-state index contributed by atoms with van der Waals surface area (Å²) in [5, 5.41) is 5.22. The molecule has 0 saturated carbocycles. The summed E-state index contributed by atoms with van der Waals surface area (Å²) >= 11 is 1.40. The van der Waals surface area contributed by atoms with Crippen molar-refractivity contribution in [3.8, 4) is 0 Å². The standard InChI is InChI=1S/C19H18N2O4S/c1-11-17(12-6-3-4-7-13(12)20-11)18(23)19(24)21-14(10-16(22)25-2)15-8-5-9-26-15/h3-9,14,20H,10H2,1-2H3,(H,21,24). The van der Waals surface area contributed by atoms with Crippen molar-refractivity contribution in [3.05, 3.63) is 57.9 Å². The minimum Gasteiger partial charge on any atom is -0.469 e. The number of nitrogens with one attached hydrogen (secondary N) is 2. The molecule has 1 aromatic carbocycles. The first-order valence-corrected chi connectivity index (χ1v) is 8.92. The van der Waals surface area contributed by atoms with Gasteiger partial charge in [-0.2, -0.15) is 0 Å².